The summed E-state index contributed by atoms with van der Waals surface area (Å²) in [5.74, 6) is 0.359. The molecule has 0 unspecified atom stereocenters. The third-order valence-corrected chi connectivity index (χ3v) is 9.05. The molecule has 1 fully saturated rings. The zero-order valence-corrected chi connectivity index (χ0v) is 25.9. The lowest BCUT2D eigenvalue weighted by Crippen LogP contribution is -2.41. The van der Waals surface area contributed by atoms with Crippen LogP contribution in [-0.2, 0) is 38.3 Å². The molecule has 0 aromatic heterocycles. The largest absolute Gasteiger partial charge is 0.488 e. The minimum atomic E-state index is -0.380. The molecule has 0 spiro atoms. The van der Waals surface area contributed by atoms with Crippen LogP contribution in [0.15, 0.2) is 72.8 Å². The Morgan fingerprint density at radius 3 is 2.30 bits per heavy atom. The summed E-state index contributed by atoms with van der Waals surface area (Å²) in [4.78, 5) is 25.9. The van der Waals surface area contributed by atoms with E-state index in [4.69, 9.17) is 18.8 Å². The highest BCUT2D eigenvalue weighted by atomic mass is 16.7. The first kappa shape index (κ1) is 31.0. The number of unbranched alkanes of at least 4 members (excludes halogenated alkanes) is 1. The zero-order valence-electron chi connectivity index (χ0n) is 25.9. The number of ether oxygens (including phenoxy) is 2. The highest BCUT2D eigenvalue weighted by Crippen LogP contribution is 2.42. The first-order chi connectivity index (χ1) is 20.6. The van der Waals surface area contributed by atoms with Crippen molar-refractivity contribution in [2.75, 3.05) is 6.61 Å². The number of benzene rings is 3. The highest BCUT2D eigenvalue weighted by molar-refractivity contribution is 6.47. The van der Waals surface area contributed by atoms with E-state index in [1.165, 1.54) is 5.56 Å². The molecule has 226 valence electrons. The van der Waals surface area contributed by atoms with E-state index >= 15 is 0 Å². The van der Waals surface area contributed by atoms with E-state index in [2.05, 4.69) is 52.0 Å². The normalized spacial score (nSPS) is 17.4. The number of aryl methyl sites for hydroxylation is 1. The number of fused-ring (bicyclic) bond motifs is 2. The summed E-state index contributed by atoms with van der Waals surface area (Å²) in [7, 11) is -0.276. The summed E-state index contributed by atoms with van der Waals surface area (Å²) in [6.45, 7) is 9.02. The van der Waals surface area contributed by atoms with Gasteiger partial charge in [-0.15, -0.1) is 0 Å². The summed E-state index contributed by atoms with van der Waals surface area (Å²) < 4.78 is 24.3. The molecule has 6 nitrogen and oxygen atoms in total. The van der Waals surface area contributed by atoms with E-state index < -0.39 is 0 Å². The number of esters is 1. The van der Waals surface area contributed by atoms with Gasteiger partial charge >= 0.3 is 13.1 Å². The van der Waals surface area contributed by atoms with Gasteiger partial charge in [0, 0.05) is 11.1 Å². The maximum absolute atomic E-state index is 13.2. The van der Waals surface area contributed by atoms with Crippen LogP contribution in [0, 0.1) is 0 Å². The third kappa shape index (κ3) is 7.57. The number of carbonyl (C=O) groups is 2. The van der Waals surface area contributed by atoms with E-state index in [0.29, 0.717) is 30.1 Å². The number of hydrogen-bond acceptors (Lipinski definition) is 6. The standard InChI is InChI=1S/C36H43BO6/c1-35(2)36(3,4)43-37(42-35)29(17-10-8-15-26-13-6-5-7-14-26)18-12-22-40-33(38)24-27-20-21-32-31(23-27)34(39)30-19-11-9-16-28(30)25-41-32/h5-7,9,11,13-14,16,19-21,23,29H,8,10,12,15,17-18,22,24-25H2,1-4H3/t29-/m0/s1. The fourth-order valence-corrected chi connectivity index (χ4v) is 5.79. The Balaban J connectivity index is 1.13. The Morgan fingerprint density at radius 1 is 0.837 bits per heavy atom. The molecule has 3 aromatic carbocycles. The van der Waals surface area contributed by atoms with Crippen LogP contribution in [0.4, 0.5) is 0 Å². The quantitative estimate of drug-likeness (QED) is 0.125. The summed E-state index contributed by atoms with van der Waals surface area (Å²) in [5.41, 5.74) is 3.31. The van der Waals surface area contributed by atoms with Gasteiger partial charge in [-0.1, -0.05) is 73.5 Å². The van der Waals surface area contributed by atoms with Crippen LogP contribution in [0.2, 0.25) is 5.82 Å². The van der Waals surface area contributed by atoms with Gasteiger partial charge in [-0.3, -0.25) is 9.59 Å². The molecule has 43 heavy (non-hydrogen) atoms. The molecule has 0 radical (unpaired) electrons. The lowest BCUT2D eigenvalue weighted by Gasteiger charge is -2.32. The Kier molecular flexibility index (Phi) is 9.73. The topological polar surface area (TPSA) is 71.1 Å². The van der Waals surface area contributed by atoms with Gasteiger partial charge in [0.2, 0.25) is 0 Å². The molecule has 0 amide bonds. The zero-order chi connectivity index (χ0) is 30.5. The second-order valence-corrected chi connectivity index (χ2v) is 12.8. The molecule has 0 aliphatic carbocycles. The molecule has 5 rings (SSSR count). The van der Waals surface area contributed by atoms with E-state index in [1.807, 2.05) is 36.4 Å². The van der Waals surface area contributed by atoms with Gasteiger partial charge in [0.05, 0.1) is 29.8 Å². The Hall–Kier alpha value is -3.42. The molecule has 2 aliphatic rings. The molecule has 0 N–H and O–H groups in total. The smallest absolute Gasteiger partial charge is 0.461 e. The second kappa shape index (κ2) is 13.5. The predicted octanol–water partition coefficient (Wildman–Crippen LogP) is 7.55. The molecule has 0 saturated carbocycles. The molecule has 3 aromatic rings. The summed E-state index contributed by atoms with van der Waals surface area (Å²) >= 11 is 0. The monoisotopic (exact) mass is 582 g/mol. The van der Waals surface area contributed by atoms with Crippen molar-refractivity contribution >= 4 is 18.9 Å². The minimum absolute atomic E-state index is 0.0872. The first-order valence-corrected chi connectivity index (χ1v) is 15.6. The van der Waals surface area contributed by atoms with Crippen molar-refractivity contribution in [3.8, 4) is 5.75 Å². The average Bonchev–Trinajstić information content (AvgIpc) is 3.11. The van der Waals surface area contributed by atoms with E-state index in [-0.39, 0.29) is 42.3 Å². The minimum Gasteiger partial charge on any atom is -0.488 e. The number of ketones is 1. The molecule has 1 atom stereocenters. The van der Waals surface area contributed by atoms with Crippen molar-refractivity contribution in [1.82, 2.24) is 0 Å². The summed E-state index contributed by atoms with van der Waals surface area (Å²) in [5, 5.41) is 0. The van der Waals surface area contributed by atoms with Crippen LogP contribution in [0.1, 0.15) is 92.4 Å². The molecular formula is C36H43BO6. The van der Waals surface area contributed by atoms with Crippen LogP contribution in [0.25, 0.3) is 0 Å². The Labute approximate surface area is 256 Å². The fraction of sp³-hybridized carbons (Fsp3) is 0.444. The number of hydrogen-bond donors (Lipinski definition) is 0. The lowest BCUT2D eigenvalue weighted by molar-refractivity contribution is -0.142. The van der Waals surface area contributed by atoms with E-state index in [0.717, 1.165) is 49.7 Å². The van der Waals surface area contributed by atoms with Gasteiger partial charge in [0.1, 0.15) is 12.4 Å². The summed E-state index contributed by atoms with van der Waals surface area (Å²) in [6.07, 6.45) is 5.91. The Morgan fingerprint density at radius 2 is 1.53 bits per heavy atom. The van der Waals surface area contributed by atoms with E-state index in [1.54, 1.807) is 12.1 Å². The predicted molar refractivity (Wildman–Crippen MR) is 168 cm³/mol. The van der Waals surface area contributed by atoms with Crippen LogP contribution < -0.4 is 4.74 Å². The van der Waals surface area contributed by atoms with Crippen LogP contribution in [0.5, 0.6) is 5.75 Å². The maximum Gasteiger partial charge on any atom is 0.461 e. The highest BCUT2D eigenvalue weighted by Gasteiger charge is 2.53. The average molecular weight is 583 g/mol. The molecular weight excluding hydrogens is 539 g/mol. The molecule has 7 heteroatoms. The van der Waals surface area contributed by atoms with Gasteiger partial charge in [0.25, 0.3) is 0 Å². The van der Waals surface area contributed by atoms with Crippen LogP contribution >= 0.6 is 0 Å². The lowest BCUT2D eigenvalue weighted by atomic mass is 9.67. The van der Waals surface area contributed by atoms with Crippen molar-refractivity contribution in [1.29, 1.82) is 0 Å². The number of carbonyl (C=O) groups excluding carboxylic acids is 2. The third-order valence-electron chi connectivity index (χ3n) is 9.05. The van der Waals surface area contributed by atoms with Gasteiger partial charge in [0.15, 0.2) is 5.78 Å². The van der Waals surface area contributed by atoms with E-state index in [9.17, 15) is 9.59 Å². The van der Waals surface area contributed by atoms with Crippen molar-refractivity contribution in [2.45, 2.75) is 96.3 Å². The fourth-order valence-electron chi connectivity index (χ4n) is 5.79. The number of rotatable bonds is 12. The molecule has 2 heterocycles. The SMILES string of the molecule is CC1(C)OB([C@@H](CCCCc2ccccc2)CCCOC(=O)Cc2ccc3c(c2)C(=O)c2ccccc2CO3)OC1(C)C. The maximum atomic E-state index is 13.2. The second-order valence-electron chi connectivity index (χ2n) is 12.8. The van der Waals surface area contributed by atoms with Gasteiger partial charge in [-0.2, -0.15) is 0 Å². The van der Waals surface area contributed by atoms with Gasteiger partial charge in [-0.25, -0.2) is 0 Å². The summed E-state index contributed by atoms with van der Waals surface area (Å²) in [6, 6.07) is 23.4. The van der Waals surface area contributed by atoms with Gasteiger partial charge < -0.3 is 18.8 Å². The molecule has 1 saturated heterocycles. The van der Waals surface area contributed by atoms with Crippen molar-refractivity contribution < 1.29 is 28.4 Å². The molecule has 0 bridgehead atoms. The van der Waals surface area contributed by atoms with Crippen LogP contribution in [-0.4, -0.2) is 36.7 Å². The van der Waals surface area contributed by atoms with Gasteiger partial charge in [-0.05, 0) is 82.5 Å². The van der Waals surface area contributed by atoms with Crippen LogP contribution in [0.3, 0.4) is 0 Å². The van der Waals surface area contributed by atoms with Crippen molar-refractivity contribution in [2.24, 2.45) is 0 Å². The van der Waals surface area contributed by atoms with Crippen molar-refractivity contribution in [3.63, 3.8) is 0 Å². The first-order valence-electron chi connectivity index (χ1n) is 15.6. The Bertz CT molecular complexity index is 1400. The van der Waals surface area contributed by atoms with Crippen molar-refractivity contribution in [3.05, 3.63) is 101 Å². The molecule has 2 aliphatic heterocycles.